The molecule has 8 nitrogen and oxygen atoms in total. The lowest BCUT2D eigenvalue weighted by Crippen LogP contribution is -2.30. The number of methoxy groups -OCH3 is 1. The molecule has 0 aromatic carbocycles. The van der Waals surface area contributed by atoms with E-state index in [-0.39, 0.29) is 6.42 Å². The maximum atomic E-state index is 11.3. The smallest absolute Gasteiger partial charge is 0.223 e. The number of pyridine rings is 2. The molecule has 1 saturated heterocycles. The molecule has 0 radical (unpaired) electrons. The van der Waals surface area contributed by atoms with Crippen molar-refractivity contribution in [2.75, 3.05) is 20.3 Å². The van der Waals surface area contributed by atoms with E-state index in [1.165, 1.54) is 0 Å². The number of nitriles is 1. The first kappa shape index (κ1) is 19.1. The van der Waals surface area contributed by atoms with Gasteiger partial charge in [0.2, 0.25) is 5.91 Å². The third-order valence-corrected chi connectivity index (χ3v) is 5.36. The van der Waals surface area contributed by atoms with Crippen LogP contribution in [-0.2, 0) is 33.3 Å². The van der Waals surface area contributed by atoms with E-state index in [0.29, 0.717) is 42.3 Å². The average molecular weight is 391 g/mol. The Bertz CT molecular complexity index is 1140. The number of nitrogens with zero attached hydrogens (tertiary/aromatic N) is 4. The number of rotatable bonds is 5. The number of carbonyl (C=O) groups is 1. The number of carbonyl (C=O) groups excluding carboxylic acids is 1. The summed E-state index contributed by atoms with van der Waals surface area (Å²) in [6, 6.07) is 7.58. The fourth-order valence-electron chi connectivity index (χ4n) is 3.78. The van der Waals surface area contributed by atoms with Crippen molar-refractivity contribution in [2.24, 2.45) is 12.8 Å². The molecule has 4 rings (SSSR count). The van der Waals surface area contributed by atoms with E-state index in [0.717, 1.165) is 16.5 Å². The zero-order valence-electron chi connectivity index (χ0n) is 16.3. The summed E-state index contributed by atoms with van der Waals surface area (Å²) in [5, 5.41) is 10.5. The lowest BCUT2D eigenvalue weighted by atomic mass is 9.95. The summed E-state index contributed by atoms with van der Waals surface area (Å²) in [4.78, 5) is 20.5. The molecule has 1 fully saturated rings. The standard InChI is InChI=1S/C21H21N5O3/c1-26-11-16(15-7-14(8-20(23)27)24-10-18(15)26)17-5-13(9-22)6-19(25-17)21(28-2)3-4-29-12-21/h5-7,10-11H,3-4,8,12H2,1-2H3,(H2,23,27)/t21-/m1/s1. The summed E-state index contributed by atoms with van der Waals surface area (Å²) in [6.45, 7) is 0.977. The minimum absolute atomic E-state index is 0.0608. The van der Waals surface area contributed by atoms with Gasteiger partial charge in [0.25, 0.3) is 0 Å². The van der Waals surface area contributed by atoms with Gasteiger partial charge >= 0.3 is 0 Å². The Morgan fingerprint density at radius 2 is 2.28 bits per heavy atom. The maximum absolute atomic E-state index is 11.3. The van der Waals surface area contributed by atoms with Crippen molar-refractivity contribution in [3.05, 3.63) is 47.5 Å². The third kappa shape index (κ3) is 3.35. The minimum Gasteiger partial charge on any atom is -0.378 e. The Hall–Kier alpha value is -3.28. The Balaban J connectivity index is 1.90. The van der Waals surface area contributed by atoms with E-state index < -0.39 is 11.5 Å². The van der Waals surface area contributed by atoms with E-state index in [1.807, 2.05) is 23.9 Å². The Kier molecular flexibility index (Phi) is 4.78. The van der Waals surface area contributed by atoms with Gasteiger partial charge in [0.1, 0.15) is 5.60 Å². The molecule has 8 heteroatoms. The van der Waals surface area contributed by atoms with Crippen LogP contribution in [0.25, 0.3) is 22.2 Å². The maximum Gasteiger partial charge on any atom is 0.223 e. The highest BCUT2D eigenvalue weighted by Gasteiger charge is 2.39. The molecule has 0 saturated carbocycles. The van der Waals surface area contributed by atoms with Gasteiger partial charge < -0.3 is 19.8 Å². The van der Waals surface area contributed by atoms with Crippen molar-refractivity contribution in [2.45, 2.75) is 18.4 Å². The van der Waals surface area contributed by atoms with Crippen LogP contribution >= 0.6 is 0 Å². The first-order valence-electron chi connectivity index (χ1n) is 9.24. The number of hydrogen-bond donors (Lipinski definition) is 1. The van der Waals surface area contributed by atoms with Crippen LogP contribution in [0.2, 0.25) is 0 Å². The Labute approximate surface area is 167 Å². The van der Waals surface area contributed by atoms with Gasteiger partial charge in [0.05, 0.1) is 53.5 Å². The van der Waals surface area contributed by atoms with Gasteiger partial charge in [-0.1, -0.05) is 0 Å². The van der Waals surface area contributed by atoms with E-state index >= 15 is 0 Å². The molecule has 3 aromatic heterocycles. The lowest BCUT2D eigenvalue weighted by molar-refractivity contribution is -0.117. The van der Waals surface area contributed by atoms with Crippen molar-refractivity contribution in [3.8, 4) is 17.3 Å². The molecule has 4 heterocycles. The zero-order chi connectivity index (χ0) is 20.6. The molecular formula is C21H21N5O3. The first-order chi connectivity index (χ1) is 14.0. The lowest BCUT2D eigenvalue weighted by Gasteiger charge is -2.25. The van der Waals surface area contributed by atoms with Crippen LogP contribution in [0.3, 0.4) is 0 Å². The number of amides is 1. The molecule has 0 bridgehead atoms. The molecule has 148 valence electrons. The summed E-state index contributed by atoms with van der Waals surface area (Å²) in [6.07, 6.45) is 4.39. The van der Waals surface area contributed by atoms with E-state index in [4.69, 9.17) is 20.2 Å². The normalized spacial score (nSPS) is 18.8. The van der Waals surface area contributed by atoms with Crippen molar-refractivity contribution < 1.29 is 14.3 Å². The quantitative estimate of drug-likeness (QED) is 0.709. The second-order valence-corrected chi connectivity index (χ2v) is 7.23. The van der Waals surface area contributed by atoms with Crippen LogP contribution in [-0.4, -0.2) is 40.8 Å². The van der Waals surface area contributed by atoms with Gasteiger partial charge in [-0.25, -0.2) is 4.98 Å². The molecule has 0 unspecified atom stereocenters. The summed E-state index contributed by atoms with van der Waals surface area (Å²) in [7, 11) is 3.55. The van der Waals surface area contributed by atoms with Gasteiger partial charge in [-0.2, -0.15) is 5.26 Å². The Morgan fingerprint density at radius 3 is 2.93 bits per heavy atom. The van der Waals surface area contributed by atoms with Gasteiger partial charge in [-0.15, -0.1) is 0 Å². The number of nitrogens with two attached hydrogens (primary N) is 1. The number of aromatic nitrogens is 3. The number of primary amides is 1. The van der Waals surface area contributed by atoms with Crippen LogP contribution in [0.4, 0.5) is 0 Å². The topological polar surface area (TPSA) is 116 Å². The largest absolute Gasteiger partial charge is 0.378 e. The number of aryl methyl sites for hydroxylation is 1. The van der Waals surface area contributed by atoms with Crippen LogP contribution < -0.4 is 5.73 Å². The minimum atomic E-state index is -0.662. The monoisotopic (exact) mass is 391 g/mol. The fourth-order valence-corrected chi connectivity index (χ4v) is 3.78. The van der Waals surface area contributed by atoms with Crippen molar-refractivity contribution >= 4 is 16.8 Å². The van der Waals surface area contributed by atoms with Crippen molar-refractivity contribution in [3.63, 3.8) is 0 Å². The average Bonchev–Trinajstić information content (AvgIpc) is 3.33. The zero-order valence-corrected chi connectivity index (χ0v) is 16.3. The summed E-state index contributed by atoms with van der Waals surface area (Å²) >= 11 is 0. The highest BCUT2D eigenvalue weighted by Crippen LogP contribution is 2.36. The van der Waals surface area contributed by atoms with Crippen LogP contribution in [0.15, 0.2) is 30.6 Å². The SMILES string of the molecule is CO[C@]1(c2cc(C#N)cc(-c3cn(C)c4cnc(CC(N)=O)cc34)n2)CCOC1. The Morgan fingerprint density at radius 1 is 1.45 bits per heavy atom. The summed E-state index contributed by atoms with van der Waals surface area (Å²) in [5.74, 6) is -0.440. The summed E-state index contributed by atoms with van der Waals surface area (Å²) in [5.41, 5.74) is 8.82. The van der Waals surface area contributed by atoms with Gasteiger partial charge in [0.15, 0.2) is 0 Å². The molecular weight excluding hydrogens is 370 g/mol. The predicted octanol–water partition coefficient (Wildman–Crippen LogP) is 1.80. The second kappa shape index (κ2) is 7.28. The van der Waals surface area contributed by atoms with Gasteiger partial charge in [-0.3, -0.25) is 9.78 Å². The molecule has 1 amide bonds. The van der Waals surface area contributed by atoms with E-state index in [2.05, 4.69) is 11.1 Å². The van der Waals surface area contributed by atoms with Crippen LogP contribution in [0, 0.1) is 11.3 Å². The van der Waals surface area contributed by atoms with Crippen LogP contribution in [0.5, 0.6) is 0 Å². The number of fused-ring (bicyclic) bond motifs is 1. The fraction of sp³-hybridized carbons (Fsp3) is 0.333. The molecule has 0 aliphatic carbocycles. The van der Waals surface area contributed by atoms with Gasteiger partial charge in [-0.05, 0) is 18.2 Å². The first-order valence-corrected chi connectivity index (χ1v) is 9.24. The number of ether oxygens (including phenoxy) is 2. The molecule has 29 heavy (non-hydrogen) atoms. The molecule has 3 aromatic rings. The van der Waals surface area contributed by atoms with Crippen LogP contribution in [0.1, 0.15) is 23.4 Å². The number of hydrogen-bond acceptors (Lipinski definition) is 6. The molecule has 2 N–H and O–H groups in total. The second-order valence-electron chi connectivity index (χ2n) is 7.23. The van der Waals surface area contributed by atoms with E-state index in [9.17, 15) is 10.1 Å². The highest BCUT2D eigenvalue weighted by atomic mass is 16.5. The molecule has 1 aliphatic heterocycles. The molecule has 1 atom stereocenters. The molecule has 1 aliphatic rings. The van der Waals surface area contributed by atoms with Crippen molar-refractivity contribution in [1.29, 1.82) is 5.26 Å². The van der Waals surface area contributed by atoms with Crippen molar-refractivity contribution in [1.82, 2.24) is 14.5 Å². The van der Waals surface area contributed by atoms with Gasteiger partial charge in [0, 0.05) is 44.3 Å². The van der Waals surface area contributed by atoms with E-state index in [1.54, 1.807) is 25.4 Å². The highest BCUT2D eigenvalue weighted by molar-refractivity contribution is 5.95. The molecule has 0 spiro atoms. The third-order valence-electron chi connectivity index (χ3n) is 5.36. The predicted molar refractivity (Wildman–Crippen MR) is 106 cm³/mol. The summed E-state index contributed by atoms with van der Waals surface area (Å²) < 4.78 is 13.3.